The van der Waals surface area contributed by atoms with Gasteiger partial charge in [-0.2, -0.15) is 0 Å². The van der Waals surface area contributed by atoms with Gasteiger partial charge in [0.25, 0.3) is 0 Å². The lowest BCUT2D eigenvalue weighted by Crippen LogP contribution is -1.90. The number of ketones is 1. The first-order valence-electron chi connectivity index (χ1n) is 5.50. The van der Waals surface area contributed by atoms with E-state index in [1.165, 1.54) is 5.56 Å². The summed E-state index contributed by atoms with van der Waals surface area (Å²) in [5.41, 5.74) is 2.33. The van der Waals surface area contributed by atoms with Crippen LogP contribution in [0.4, 0.5) is 0 Å². The Hall–Kier alpha value is -1.37. The molecule has 1 rings (SSSR count). The number of allylic oxidation sites excluding steroid dienone is 2. The van der Waals surface area contributed by atoms with Crippen LogP contribution in [0, 0.1) is 0 Å². The third-order valence-electron chi connectivity index (χ3n) is 2.32. The topological polar surface area (TPSA) is 17.1 Å². The Balaban J connectivity index is 2.86. The number of carbonyl (C=O) groups is 1. The van der Waals surface area contributed by atoms with Crippen molar-refractivity contribution in [2.24, 2.45) is 0 Å². The van der Waals surface area contributed by atoms with Gasteiger partial charge in [-0.1, -0.05) is 43.7 Å². The van der Waals surface area contributed by atoms with E-state index in [4.69, 9.17) is 0 Å². The molecule has 0 bridgehead atoms. The van der Waals surface area contributed by atoms with E-state index in [1.54, 1.807) is 13.0 Å². The highest BCUT2D eigenvalue weighted by Crippen LogP contribution is 2.20. The second-order valence-electron chi connectivity index (χ2n) is 3.75. The van der Waals surface area contributed by atoms with Gasteiger partial charge in [0.15, 0.2) is 5.78 Å². The highest BCUT2D eigenvalue weighted by molar-refractivity contribution is 5.95. The van der Waals surface area contributed by atoms with Crippen LogP contribution in [0.3, 0.4) is 0 Å². The van der Waals surface area contributed by atoms with Crippen LogP contribution in [0.5, 0.6) is 0 Å². The molecule has 0 unspecified atom stereocenters. The fourth-order valence-corrected chi connectivity index (χ4v) is 1.56. The molecule has 80 valence electrons. The summed E-state index contributed by atoms with van der Waals surface area (Å²) < 4.78 is 0. The zero-order chi connectivity index (χ0) is 11.1. The Kier molecular flexibility index (Phi) is 4.82. The molecule has 1 nitrogen and oxygen atoms in total. The molecule has 0 heterocycles. The average molecular weight is 202 g/mol. The monoisotopic (exact) mass is 202 g/mol. The minimum atomic E-state index is 0.130. The fraction of sp³-hybridized carbons (Fsp3) is 0.357. The maximum atomic E-state index is 11.1. The molecule has 0 atom stereocenters. The minimum Gasteiger partial charge on any atom is -0.295 e. The zero-order valence-electron chi connectivity index (χ0n) is 9.49. The lowest BCUT2D eigenvalue weighted by Gasteiger charge is -2.06. The van der Waals surface area contributed by atoms with Crippen molar-refractivity contribution in [3.63, 3.8) is 0 Å². The largest absolute Gasteiger partial charge is 0.295 e. The molecule has 0 aliphatic heterocycles. The first-order chi connectivity index (χ1) is 7.24. The average Bonchev–Trinajstić information content (AvgIpc) is 2.25. The summed E-state index contributed by atoms with van der Waals surface area (Å²) in [6.07, 6.45) is 5.03. The second-order valence-corrected chi connectivity index (χ2v) is 3.75. The van der Waals surface area contributed by atoms with Crippen molar-refractivity contribution in [1.29, 1.82) is 0 Å². The number of hydrogen-bond donors (Lipinski definition) is 0. The Morgan fingerprint density at radius 2 is 1.93 bits per heavy atom. The van der Waals surface area contributed by atoms with Gasteiger partial charge in [0, 0.05) is 0 Å². The Bertz CT molecular complexity index is 336. The molecule has 1 aromatic rings. The van der Waals surface area contributed by atoms with Crippen molar-refractivity contribution in [2.75, 3.05) is 0 Å². The van der Waals surface area contributed by atoms with Gasteiger partial charge < -0.3 is 0 Å². The highest BCUT2D eigenvalue weighted by atomic mass is 16.1. The maximum absolute atomic E-state index is 11.1. The predicted octanol–water partition coefficient (Wildman–Crippen LogP) is 3.85. The van der Waals surface area contributed by atoms with Gasteiger partial charge in [-0.05, 0) is 37.0 Å². The Morgan fingerprint density at radius 3 is 2.47 bits per heavy atom. The molecule has 0 aromatic heterocycles. The number of carbonyl (C=O) groups excluding carboxylic acids is 1. The van der Waals surface area contributed by atoms with E-state index in [9.17, 15) is 4.79 Å². The predicted molar refractivity (Wildman–Crippen MR) is 64.6 cm³/mol. The zero-order valence-corrected chi connectivity index (χ0v) is 9.49. The summed E-state index contributed by atoms with van der Waals surface area (Å²) in [7, 11) is 0. The number of hydrogen-bond acceptors (Lipinski definition) is 1. The van der Waals surface area contributed by atoms with E-state index >= 15 is 0 Å². The van der Waals surface area contributed by atoms with Crippen LogP contribution in [-0.2, 0) is 4.79 Å². The van der Waals surface area contributed by atoms with Crippen molar-refractivity contribution in [2.45, 2.75) is 33.1 Å². The third kappa shape index (κ3) is 4.11. The van der Waals surface area contributed by atoms with Crippen LogP contribution in [-0.4, -0.2) is 5.78 Å². The van der Waals surface area contributed by atoms with E-state index < -0.39 is 0 Å². The summed E-state index contributed by atoms with van der Waals surface area (Å²) in [6, 6.07) is 10.1. The molecule has 0 aliphatic rings. The van der Waals surface area contributed by atoms with Gasteiger partial charge in [-0.3, -0.25) is 4.79 Å². The molecule has 0 radical (unpaired) electrons. The van der Waals surface area contributed by atoms with Crippen molar-refractivity contribution < 1.29 is 4.79 Å². The van der Waals surface area contributed by atoms with Crippen molar-refractivity contribution in [1.82, 2.24) is 0 Å². The third-order valence-corrected chi connectivity index (χ3v) is 2.32. The van der Waals surface area contributed by atoms with Crippen LogP contribution in [0.25, 0.3) is 5.57 Å². The summed E-state index contributed by atoms with van der Waals surface area (Å²) in [5.74, 6) is 0.130. The van der Waals surface area contributed by atoms with E-state index in [2.05, 4.69) is 19.1 Å². The van der Waals surface area contributed by atoms with Crippen LogP contribution >= 0.6 is 0 Å². The van der Waals surface area contributed by atoms with E-state index in [0.29, 0.717) is 0 Å². The van der Waals surface area contributed by atoms with Crippen molar-refractivity contribution in [3.05, 3.63) is 42.0 Å². The smallest absolute Gasteiger partial charge is 0.152 e. The fourth-order valence-electron chi connectivity index (χ4n) is 1.56. The van der Waals surface area contributed by atoms with Crippen molar-refractivity contribution in [3.8, 4) is 0 Å². The van der Waals surface area contributed by atoms with E-state index in [1.807, 2.05) is 18.2 Å². The molecule has 0 fully saturated rings. The number of unbranched alkanes of at least 4 members (excludes halogenated alkanes) is 1. The SMILES string of the molecule is CCCC/C(=C\C(C)=O)c1ccccc1. The summed E-state index contributed by atoms with van der Waals surface area (Å²) in [6.45, 7) is 3.77. The van der Waals surface area contributed by atoms with Gasteiger partial charge in [0.2, 0.25) is 0 Å². The van der Waals surface area contributed by atoms with Crippen LogP contribution < -0.4 is 0 Å². The standard InChI is InChI=1S/C14H18O/c1-3-4-8-14(11-12(2)15)13-9-6-5-7-10-13/h5-7,9-11H,3-4,8H2,1-2H3/b14-11+. The molecule has 0 aliphatic carbocycles. The number of rotatable bonds is 5. The molecular weight excluding hydrogens is 184 g/mol. The molecule has 1 heteroatoms. The summed E-state index contributed by atoms with van der Waals surface area (Å²) in [5, 5.41) is 0. The summed E-state index contributed by atoms with van der Waals surface area (Å²) >= 11 is 0. The quantitative estimate of drug-likeness (QED) is 0.663. The van der Waals surface area contributed by atoms with Gasteiger partial charge in [0.1, 0.15) is 0 Å². The van der Waals surface area contributed by atoms with Crippen molar-refractivity contribution >= 4 is 11.4 Å². The molecular formula is C14H18O. The molecule has 15 heavy (non-hydrogen) atoms. The normalized spacial score (nSPS) is 11.5. The maximum Gasteiger partial charge on any atom is 0.152 e. The lowest BCUT2D eigenvalue weighted by molar-refractivity contribution is -0.112. The van der Waals surface area contributed by atoms with Gasteiger partial charge in [0.05, 0.1) is 0 Å². The first kappa shape index (κ1) is 11.7. The van der Waals surface area contributed by atoms with E-state index in [-0.39, 0.29) is 5.78 Å². The highest BCUT2D eigenvalue weighted by Gasteiger charge is 2.01. The molecule has 0 saturated carbocycles. The van der Waals surface area contributed by atoms with Gasteiger partial charge >= 0.3 is 0 Å². The molecule has 0 amide bonds. The van der Waals surface area contributed by atoms with Gasteiger partial charge in [-0.15, -0.1) is 0 Å². The van der Waals surface area contributed by atoms with Crippen LogP contribution in [0.15, 0.2) is 36.4 Å². The summed E-state index contributed by atoms with van der Waals surface area (Å²) in [4.78, 5) is 11.1. The first-order valence-corrected chi connectivity index (χ1v) is 5.50. The van der Waals surface area contributed by atoms with Crippen LogP contribution in [0.1, 0.15) is 38.7 Å². The minimum absolute atomic E-state index is 0.130. The Labute approximate surface area is 91.8 Å². The molecule has 1 aromatic carbocycles. The van der Waals surface area contributed by atoms with Gasteiger partial charge in [-0.25, -0.2) is 0 Å². The molecule has 0 saturated heterocycles. The molecule has 0 N–H and O–H groups in total. The number of benzene rings is 1. The molecule has 0 spiro atoms. The van der Waals surface area contributed by atoms with E-state index in [0.717, 1.165) is 24.8 Å². The van der Waals surface area contributed by atoms with Crippen LogP contribution in [0.2, 0.25) is 0 Å². The Morgan fingerprint density at radius 1 is 1.27 bits per heavy atom. The lowest BCUT2D eigenvalue weighted by atomic mass is 9.99. The second kappa shape index (κ2) is 6.18.